The number of amides is 1. The van der Waals surface area contributed by atoms with Gasteiger partial charge in [-0.25, -0.2) is 12.8 Å². The van der Waals surface area contributed by atoms with Crippen LogP contribution in [0.15, 0.2) is 53.4 Å². The molecule has 0 spiro atoms. The van der Waals surface area contributed by atoms with E-state index in [1.807, 2.05) is 0 Å². The first-order valence-corrected chi connectivity index (χ1v) is 9.90. The maximum absolute atomic E-state index is 13.0. The molecule has 2 aromatic rings. The zero-order valence-corrected chi connectivity index (χ0v) is 15.9. The maximum Gasteiger partial charge on any atom is 0.251 e. The molecule has 0 fully saturated rings. The summed E-state index contributed by atoms with van der Waals surface area (Å²) in [4.78, 5) is 12.6. The van der Waals surface area contributed by atoms with Gasteiger partial charge in [0, 0.05) is 18.7 Å². The molecule has 0 radical (unpaired) electrons. The lowest BCUT2D eigenvalue weighted by Crippen LogP contribution is -2.31. The van der Waals surface area contributed by atoms with Crippen LogP contribution < -0.4 is 5.32 Å². The molecule has 0 aromatic heterocycles. The van der Waals surface area contributed by atoms with Gasteiger partial charge in [0.05, 0.1) is 10.9 Å². The minimum Gasteiger partial charge on any atom is -0.346 e. The number of halogens is 1. The molecule has 2 aromatic carbocycles. The molecule has 0 saturated heterocycles. The highest BCUT2D eigenvalue weighted by Gasteiger charge is 2.22. The monoisotopic (exact) mass is 378 g/mol. The summed E-state index contributed by atoms with van der Waals surface area (Å²) in [6.07, 6.45) is 0. The smallest absolute Gasteiger partial charge is 0.251 e. The van der Waals surface area contributed by atoms with E-state index in [-0.39, 0.29) is 22.3 Å². The Balaban J connectivity index is 2.21. The number of hydrogen-bond donors (Lipinski definition) is 1. The number of sulfonamides is 1. The Hall–Kier alpha value is -2.25. The molecule has 0 heterocycles. The van der Waals surface area contributed by atoms with E-state index in [9.17, 15) is 17.6 Å². The van der Waals surface area contributed by atoms with Crippen molar-refractivity contribution in [1.82, 2.24) is 9.62 Å². The third-order valence-electron chi connectivity index (χ3n) is 4.16. The van der Waals surface area contributed by atoms with Gasteiger partial charge in [0.15, 0.2) is 0 Å². The van der Waals surface area contributed by atoms with E-state index in [0.29, 0.717) is 13.1 Å². The lowest BCUT2D eigenvalue weighted by atomic mass is 10.1. The zero-order chi connectivity index (χ0) is 19.3. The molecule has 26 heavy (non-hydrogen) atoms. The van der Waals surface area contributed by atoms with Crippen LogP contribution in [0.4, 0.5) is 4.39 Å². The number of nitrogens with zero attached hydrogens (tertiary/aromatic N) is 1. The first-order chi connectivity index (χ1) is 12.3. The normalized spacial score (nSPS) is 12.8. The molecule has 0 saturated carbocycles. The standard InChI is InChI=1S/C19H23FN2O3S/c1-4-22(5-2)26(24,25)18-8-6-7-16(13-18)19(23)21-14(3)15-9-11-17(20)12-10-15/h6-14H,4-5H2,1-3H3,(H,21,23)/t14-/m0/s1. The molecule has 0 unspecified atom stereocenters. The predicted octanol–water partition coefficient (Wildman–Crippen LogP) is 3.35. The van der Waals surface area contributed by atoms with Crippen LogP contribution >= 0.6 is 0 Å². The van der Waals surface area contributed by atoms with Crippen LogP contribution in [0.25, 0.3) is 0 Å². The number of hydrogen-bond acceptors (Lipinski definition) is 3. The van der Waals surface area contributed by atoms with E-state index in [4.69, 9.17) is 0 Å². The number of nitrogens with one attached hydrogen (secondary N) is 1. The van der Waals surface area contributed by atoms with Gasteiger partial charge in [0.25, 0.3) is 5.91 Å². The molecule has 2 rings (SSSR count). The Bertz CT molecular complexity index is 863. The van der Waals surface area contributed by atoms with Gasteiger partial charge in [-0.3, -0.25) is 4.79 Å². The first kappa shape index (κ1) is 20.1. The second-order valence-corrected chi connectivity index (χ2v) is 7.80. The summed E-state index contributed by atoms with van der Waals surface area (Å²) in [6, 6.07) is 11.5. The molecule has 1 atom stereocenters. The van der Waals surface area contributed by atoms with Crippen molar-refractivity contribution < 1.29 is 17.6 Å². The van der Waals surface area contributed by atoms with Crippen LogP contribution in [-0.2, 0) is 10.0 Å². The Morgan fingerprint density at radius 2 is 1.73 bits per heavy atom. The Morgan fingerprint density at radius 1 is 1.12 bits per heavy atom. The zero-order valence-electron chi connectivity index (χ0n) is 15.1. The summed E-state index contributed by atoms with van der Waals surface area (Å²) in [5, 5.41) is 2.80. The average molecular weight is 378 g/mol. The Kier molecular flexibility index (Phi) is 6.50. The van der Waals surface area contributed by atoms with Gasteiger partial charge in [-0.2, -0.15) is 4.31 Å². The SMILES string of the molecule is CCN(CC)S(=O)(=O)c1cccc(C(=O)N[C@@H](C)c2ccc(F)cc2)c1. The highest BCUT2D eigenvalue weighted by molar-refractivity contribution is 7.89. The van der Waals surface area contributed by atoms with Crippen LogP contribution in [0.1, 0.15) is 42.7 Å². The van der Waals surface area contributed by atoms with Crippen molar-refractivity contribution in [2.75, 3.05) is 13.1 Å². The number of benzene rings is 2. The van der Waals surface area contributed by atoms with Crippen molar-refractivity contribution in [3.05, 3.63) is 65.5 Å². The molecule has 5 nitrogen and oxygen atoms in total. The van der Waals surface area contributed by atoms with Gasteiger partial charge >= 0.3 is 0 Å². The highest BCUT2D eigenvalue weighted by Crippen LogP contribution is 2.18. The molecule has 0 aliphatic carbocycles. The van der Waals surface area contributed by atoms with E-state index < -0.39 is 15.9 Å². The minimum atomic E-state index is -3.63. The van der Waals surface area contributed by atoms with Gasteiger partial charge in [-0.15, -0.1) is 0 Å². The molecule has 140 valence electrons. The Labute approximate surface area is 153 Å². The van der Waals surface area contributed by atoms with Crippen molar-refractivity contribution in [3.63, 3.8) is 0 Å². The molecule has 7 heteroatoms. The summed E-state index contributed by atoms with van der Waals surface area (Å²) >= 11 is 0. The van der Waals surface area contributed by atoms with Gasteiger partial charge in [-0.1, -0.05) is 32.0 Å². The predicted molar refractivity (Wildman–Crippen MR) is 98.8 cm³/mol. The molecule has 0 bridgehead atoms. The molecular weight excluding hydrogens is 355 g/mol. The summed E-state index contributed by atoms with van der Waals surface area (Å²) in [5.41, 5.74) is 1.01. The summed E-state index contributed by atoms with van der Waals surface area (Å²) < 4.78 is 39.6. The topological polar surface area (TPSA) is 66.5 Å². The van der Waals surface area contributed by atoms with Crippen LogP contribution in [-0.4, -0.2) is 31.7 Å². The van der Waals surface area contributed by atoms with Gasteiger partial charge in [0.1, 0.15) is 5.82 Å². The molecule has 1 N–H and O–H groups in total. The van der Waals surface area contributed by atoms with E-state index >= 15 is 0 Å². The summed E-state index contributed by atoms with van der Waals surface area (Å²) in [7, 11) is -3.63. The van der Waals surface area contributed by atoms with E-state index in [1.165, 1.54) is 28.6 Å². The fourth-order valence-corrected chi connectivity index (χ4v) is 4.13. The van der Waals surface area contributed by atoms with Crippen molar-refractivity contribution >= 4 is 15.9 Å². The van der Waals surface area contributed by atoms with E-state index in [0.717, 1.165) is 5.56 Å². The largest absolute Gasteiger partial charge is 0.346 e. The molecule has 1 amide bonds. The lowest BCUT2D eigenvalue weighted by Gasteiger charge is -2.19. The van der Waals surface area contributed by atoms with Gasteiger partial charge in [-0.05, 0) is 42.8 Å². The maximum atomic E-state index is 13.0. The Morgan fingerprint density at radius 3 is 2.31 bits per heavy atom. The van der Waals surface area contributed by atoms with Crippen molar-refractivity contribution in [3.8, 4) is 0 Å². The third kappa shape index (κ3) is 4.47. The second kappa shape index (κ2) is 8.42. The van der Waals surface area contributed by atoms with Crippen molar-refractivity contribution in [2.24, 2.45) is 0 Å². The van der Waals surface area contributed by atoms with Crippen molar-refractivity contribution in [1.29, 1.82) is 0 Å². The summed E-state index contributed by atoms with van der Waals surface area (Å²) in [5.74, 6) is -0.736. The fraction of sp³-hybridized carbons (Fsp3) is 0.316. The number of rotatable bonds is 7. The van der Waals surface area contributed by atoms with Crippen LogP contribution in [0, 0.1) is 5.82 Å². The van der Waals surface area contributed by atoms with Gasteiger partial charge < -0.3 is 5.32 Å². The van der Waals surface area contributed by atoms with E-state index in [1.54, 1.807) is 45.0 Å². The average Bonchev–Trinajstić information content (AvgIpc) is 2.63. The fourth-order valence-electron chi connectivity index (χ4n) is 2.63. The second-order valence-electron chi connectivity index (χ2n) is 5.86. The van der Waals surface area contributed by atoms with Crippen LogP contribution in [0.2, 0.25) is 0 Å². The minimum absolute atomic E-state index is 0.0864. The quantitative estimate of drug-likeness (QED) is 0.803. The first-order valence-electron chi connectivity index (χ1n) is 8.46. The number of carbonyl (C=O) groups is 1. The lowest BCUT2D eigenvalue weighted by molar-refractivity contribution is 0.0939. The van der Waals surface area contributed by atoms with Crippen LogP contribution in [0.3, 0.4) is 0 Å². The van der Waals surface area contributed by atoms with Gasteiger partial charge in [0.2, 0.25) is 10.0 Å². The third-order valence-corrected chi connectivity index (χ3v) is 6.20. The molecule has 0 aliphatic heterocycles. The van der Waals surface area contributed by atoms with Crippen LogP contribution in [0.5, 0.6) is 0 Å². The molecular formula is C19H23FN2O3S. The molecule has 0 aliphatic rings. The number of carbonyl (C=O) groups excluding carboxylic acids is 1. The summed E-state index contributed by atoms with van der Waals surface area (Å²) in [6.45, 7) is 6.03. The van der Waals surface area contributed by atoms with E-state index in [2.05, 4.69) is 5.32 Å². The van der Waals surface area contributed by atoms with Crippen molar-refractivity contribution in [2.45, 2.75) is 31.7 Å². The highest BCUT2D eigenvalue weighted by atomic mass is 32.2.